The van der Waals surface area contributed by atoms with Gasteiger partial charge in [-0.15, -0.1) is 0 Å². The van der Waals surface area contributed by atoms with Crippen molar-refractivity contribution in [3.63, 3.8) is 0 Å². The molecule has 0 N–H and O–H groups in total. The maximum absolute atomic E-state index is 11.3. The van der Waals surface area contributed by atoms with Crippen molar-refractivity contribution in [2.45, 2.75) is 26.7 Å². The number of allylic oxidation sites excluding steroid dienone is 3. The number of rotatable bonds is 2. The number of Topliss-reactive ketones (excluding diaryl/α,β-unsaturated/α-hetero) is 1. The Balaban J connectivity index is 2.93. The van der Waals surface area contributed by atoms with Gasteiger partial charge in [-0.3, -0.25) is 9.59 Å². The Hall–Kier alpha value is -1.18. The molecule has 76 valence electrons. The normalized spacial score (nSPS) is 30.4. The number of ketones is 1. The molecule has 2 nitrogen and oxygen atoms in total. The first-order valence-electron chi connectivity index (χ1n) is 4.92. The average Bonchev–Trinajstić information content (AvgIpc) is 2.11. The van der Waals surface area contributed by atoms with E-state index in [1.807, 2.05) is 6.92 Å². The molecule has 1 saturated carbocycles. The molecule has 0 aromatic carbocycles. The minimum atomic E-state index is 0.0618. The summed E-state index contributed by atoms with van der Waals surface area (Å²) in [5.41, 5.74) is 1.95. The van der Waals surface area contributed by atoms with Gasteiger partial charge in [0.1, 0.15) is 12.1 Å². The summed E-state index contributed by atoms with van der Waals surface area (Å²) in [6, 6.07) is 0. The summed E-state index contributed by atoms with van der Waals surface area (Å²) in [6.07, 6.45) is 4.02. The predicted molar refractivity (Wildman–Crippen MR) is 55.9 cm³/mol. The first-order chi connectivity index (χ1) is 6.57. The zero-order valence-electron chi connectivity index (χ0n) is 8.75. The van der Waals surface area contributed by atoms with E-state index in [0.717, 1.165) is 30.3 Å². The molecule has 0 aromatic rings. The number of carbonyl (C=O) groups is 2. The standard InChI is InChI=1S/C12H16O2/c1-8-4-5-12(10(3)14)9(2)11(8)6-7-13/h6-7,9,12H,1,4-5H2,2-3H3/b11-6+. The van der Waals surface area contributed by atoms with Crippen LogP contribution in [0.4, 0.5) is 0 Å². The van der Waals surface area contributed by atoms with Gasteiger partial charge >= 0.3 is 0 Å². The Kier molecular flexibility index (Phi) is 3.39. The lowest BCUT2D eigenvalue weighted by Gasteiger charge is -2.30. The molecule has 0 aliphatic heterocycles. The van der Waals surface area contributed by atoms with Gasteiger partial charge in [0.05, 0.1) is 0 Å². The predicted octanol–water partition coefficient (Wildman–Crippen LogP) is 2.30. The largest absolute Gasteiger partial charge is 0.300 e. The zero-order valence-corrected chi connectivity index (χ0v) is 8.75. The van der Waals surface area contributed by atoms with Crippen LogP contribution in [0.1, 0.15) is 26.7 Å². The van der Waals surface area contributed by atoms with E-state index >= 15 is 0 Å². The maximum Gasteiger partial charge on any atom is 0.143 e. The summed E-state index contributed by atoms with van der Waals surface area (Å²) < 4.78 is 0. The first kappa shape index (κ1) is 10.9. The van der Waals surface area contributed by atoms with Crippen molar-refractivity contribution in [3.8, 4) is 0 Å². The molecule has 0 spiro atoms. The van der Waals surface area contributed by atoms with Crippen LogP contribution in [0.3, 0.4) is 0 Å². The van der Waals surface area contributed by atoms with E-state index in [2.05, 4.69) is 6.58 Å². The lowest BCUT2D eigenvalue weighted by atomic mass is 9.73. The van der Waals surface area contributed by atoms with Crippen LogP contribution in [0, 0.1) is 11.8 Å². The van der Waals surface area contributed by atoms with Crippen molar-refractivity contribution < 1.29 is 9.59 Å². The molecule has 0 heterocycles. The van der Waals surface area contributed by atoms with Crippen LogP contribution in [0.25, 0.3) is 0 Å². The fraction of sp³-hybridized carbons (Fsp3) is 0.500. The second-order valence-electron chi connectivity index (χ2n) is 3.91. The van der Waals surface area contributed by atoms with E-state index in [0.29, 0.717) is 0 Å². The van der Waals surface area contributed by atoms with Crippen molar-refractivity contribution in [2.24, 2.45) is 11.8 Å². The van der Waals surface area contributed by atoms with Crippen molar-refractivity contribution >= 4 is 12.1 Å². The van der Waals surface area contributed by atoms with Gasteiger partial charge in [0.25, 0.3) is 0 Å². The van der Waals surface area contributed by atoms with Gasteiger partial charge in [-0.05, 0) is 37.3 Å². The molecule has 2 heteroatoms. The summed E-state index contributed by atoms with van der Waals surface area (Å²) in [5.74, 6) is 0.410. The third-order valence-corrected chi connectivity index (χ3v) is 3.03. The molecular formula is C12H16O2. The molecule has 0 aromatic heterocycles. The molecular weight excluding hydrogens is 176 g/mol. The molecule has 1 aliphatic rings. The van der Waals surface area contributed by atoms with Gasteiger partial charge in [0.2, 0.25) is 0 Å². The van der Waals surface area contributed by atoms with Gasteiger partial charge in [-0.1, -0.05) is 19.1 Å². The van der Waals surface area contributed by atoms with Crippen LogP contribution < -0.4 is 0 Å². The second-order valence-corrected chi connectivity index (χ2v) is 3.91. The van der Waals surface area contributed by atoms with Crippen LogP contribution >= 0.6 is 0 Å². The molecule has 1 rings (SSSR count). The molecule has 2 unspecified atom stereocenters. The van der Waals surface area contributed by atoms with Crippen LogP contribution in [0.5, 0.6) is 0 Å². The monoisotopic (exact) mass is 192 g/mol. The fourth-order valence-electron chi connectivity index (χ4n) is 2.16. The van der Waals surface area contributed by atoms with Crippen molar-refractivity contribution in [2.75, 3.05) is 0 Å². The summed E-state index contributed by atoms with van der Waals surface area (Å²) >= 11 is 0. The zero-order chi connectivity index (χ0) is 10.7. The Bertz CT molecular complexity index is 299. The number of carbonyl (C=O) groups excluding carboxylic acids is 2. The number of hydrogen-bond acceptors (Lipinski definition) is 2. The first-order valence-corrected chi connectivity index (χ1v) is 4.92. The highest BCUT2D eigenvalue weighted by atomic mass is 16.1. The quantitative estimate of drug-likeness (QED) is 0.497. The highest BCUT2D eigenvalue weighted by Crippen LogP contribution is 2.37. The Morgan fingerprint density at radius 1 is 1.57 bits per heavy atom. The van der Waals surface area contributed by atoms with E-state index in [-0.39, 0.29) is 17.6 Å². The molecule has 14 heavy (non-hydrogen) atoms. The smallest absolute Gasteiger partial charge is 0.143 e. The summed E-state index contributed by atoms with van der Waals surface area (Å²) in [6.45, 7) is 7.53. The van der Waals surface area contributed by atoms with Crippen molar-refractivity contribution in [1.82, 2.24) is 0 Å². The Morgan fingerprint density at radius 2 is 2.21 bits per heavy atom. The third-order valence-electron chi connectivity index (χ3n) is 3.03. The summed E-state index contributed by atoms with van der Waals surface area (Å²) in [7, 11) is 0. The molecule has 0 radical (unpaired) electrons. The molecule has 0 bridgehead atoms. The van der Waals surface area contributed by atoms with E-state index in [1.165, 1.54) is 0 Å². The fourth-order valence-corrected chi connectivity index (χ4v) is 2.16. The van der Waals surface area contributed by atoms with E-state index in [9.17, 15) is 9.59 Å². The molecule has 0 amide bonds. The molecule has 1 fully saturated rings. The lowest BCUT2D eigenvalue weighted by molar-refractivity contribution is -0.122. The van der Waals surface area contributed by atoms with E-state index < -0.39 is 0 Å². The summed E-state index contributed by atoms with van der Waals surface area (Å²) in [5, 5.41) is 0. The van der Waals surface area contributed by atoms with Gasteiger partial charge in [0.15, 0.2) is 0 Å². The van der Waals surface area contributed by atoms with Crippen LogP contribution in [-0.2, 0) is 9.59 Å². The number of hydrogen-bond donors (Lipinski definition) is 0. The van der Waals surface area contributed by atoms with Crippen molar-refractivity contribution in [1.29, 1.82) is 0 Å². The minimum Gasteiger partial charge on any atom is -0.300 e. The number of aldehydes is 1. The highest BCUT2D eigenvalue weighted by molar-refractivity contribution is 5.80. The van der Waals surface area contributed by atoms with E-state index in [4.69, 9.17) is 0 Å². The lowest BCUT2D eigenvalue weighted by Crippen LogP contribution is -2.26. The third kappa shape index (κ3) is 2.00. The van der Waals surface area contributed by atoms with Gasteiger partial charge in [-0.25, -0.2) is 0 Å². The highest BCUT2D eigenvalue weighted by Gasteiger charge is 2.30. The minimum absolute atomic E-state index is 0.0618. The Labute approximate surface area is 84.7 Å². The maximum atomic E-state index is 11.3. The van der Waals surface area contributed by atoms with Crippen molar-refractivity contribution in [3.05, 3.63) is 23.8 Å². The molecule has 1 aliphatic carbocycles. The Morgan fingerprint density at radius 3 is 2.71 bits per heavy atom. The molecule has 0 saturated heterocycles. The SMILES string of the molecule is C=C1CCC(C(C)=O)C(C)/C1=C/C=O. The van der Waals surface area contributed by atoms with Crippen LogP contribution in [0.15, 0.2) is 23.8 Å². The second kappa shape index (κ2) is 4.36. The summed E-state index contributed by atoms with van der Waals surface area (Å²) in [4.78, 5) is 21.8. The van der Waals surface area contributed by atoms with Gasteiger partial charge < -0.3 is 0 Å². The van der Waals surface area contributed by atoms with Gasteiger partial charge in [0, 0.05) is 5.92 Å². The van der Waals surface area contributed by atoms with Gasteiger partial charge in [-0.2, -0.15) is 0 Å². The molecule has 2 atom stereocenters. The topological polar surface area (TPSA) is 34.1 Å². The van der Waals surface area contributed by atoms with E-state index in [1.54, 1.807) is 13.0 Å². The average molecular weight is 192 g/mol. The van der Waals surface area contributed by atoms with Crippen LogP contribution in [0.2, 0.25) is 0 Å². The van der Waals surface area contributed by atoms with Crippen LogP contribution in [-0.4, -0.2) is 12.1 Å².